The molecule has 3 aromatic rings. The van der Waals surface area contributed by atoms with Crippen LogP contribution in [-0.2, 0) is 27.2 Å². The van der Waals surface area contributed by atoms with Crippen molar-refractivity contribution in [2.75, 3.05) is 13.2 Å². The number of fused-ring (bicyclic) bond motifs is 1. The third-order valence-electron chi connectivity index (χ3n) is 5.92. The molecule has 1 atom stereocenters. The monoisotopic (exact) mass is 408 g/mol. The molecule has 6 nitrogen and oxygen atoms in total. The van der Waals surface area contributed by atoms with E-state index in [1.165, 1.54) is 0 Å². The number of Topliss-reactive ketones (excluding diaryl/α,β-unsaturated/α-hetero) is 1. The van der Waals surface area contributed by atoms with E-state index in [2.05, 4.69) is 9.55 Å². The molecule has 0 aliphatic carbocycles. The lowest BCUT2D eigenvalue weighted by Crippen LogP contribution is -2.18. The summed E-state index contributed by atoms with van der Waals surface area (Å²) in [6, 6.07) is 9.87. The van der Waals surface area contributed by atoms with E-state index in [9.17, 15) is 9.59 Å². The quantitative estimate of drug-likeness (QED) is 0.449. The topological polar surface area (TPSA) is 73.3 Å². The molecule has 1 fully saturated rings. The summed E-state index contributed by atoms with van der Waals surface area (Å²) in [5.74, 6) is -0.524. The van der Waals surface area contributed by atoms with E-state index in [1.54, 1.807) is 0 Å². The van der Waals surface area contributed by atoms with E-state index in [0.717, 1.165) is 53.8 Å². The third-order valence-corrected chi connectivity index (χ3v) is 5.92. The molecule has 30 heavy (non-hydrogen) atoms. The molecule has 2 aromatic heterocycles. The number of aromatic amines is 1. The number of aromatic nitrogens is 2. The van der Waals surface area contributed by atoms with Crippen LogP contribution in [0.4, 0.5) is 0 Å². The molecule has 158 valence electrons. The standard InChI is InChI=1S/C24H28N2O4/c1-16-12-21(17(2)26(16)14-19-6-5-11-29-19)23(27)15-30-24(28)10-9-18-13-25-22-8-4-3-7-20(18)22/h3-4,7-8,12-13,19,25H,5-6,9-11,14-15H2,1-2H3. The zero-order chi connectivity index (χ0) is 21.1. The second kappa shape index (κ2) is 8.88. The highest BCUT2D eigenvalue weighted by Gasteiger charge is 2.21. The van der Waals surface area contributed by atoms with E-state index in [-0.39, 0.29) is 30.9 Å². The lowest BCUT2D eigenvalue weighted by Gasteiger charge is -2.14. The van der Waals surface area contributed by atoms with Crippen LogP contribution in [0, 0.1) is 13.8 Å². The molecule has 6 heteroatoms. The van der Waals surface area contributed by atoms with Crippen molar-refractivity contribution in [1.29, 1.82) is 0 Å². The first-order valence-corrected chi connectivity index (χ1v) is 10.5. The van der Waals surface area contributed by atoms with Gasteiger partial charge in [0.1, 0.15) is 0 Å². The van der Waals surface area contributed by atoms with Gasteiger partial charge in [-0.05, 0) is 50.8 Å². The van der Waals surface area contributed by atoms with Gasteiger partial charge in [0.25, 0.3) is 0 Å². The maximum atomic E-state index is 12.7. The predicted molar refractivity (Wildman–Crippen MR) is 115 cm³/mol. The second-order valence-electron chi connectivity index (χ2n) is 7.97. The number of benzene rings is 1. The first-order chi connectivity index (χ1) is 14.5. The number of nitrogens with one attached hydrogen (secondary N) is 1. The van der Waals surface area contributed by atoms with Crippen LogP contribution >= 0.6 is 0 Å². The number of rotatable bonds is 8. The number of aryl methyl sites for hydroxylation is 2. The number of ether oxygens (including phenoxy) is 2. The first kappa shape index (κ1) is 20.4. The SMILES string of the molecule is Cc1cc(C(=O)COC(=O)CCc2c[nH]c3ccccc23)c(C)n1CC1CCCO1. The summed E-state index contributed by atoms with van der Waals surface area (Å²) in [4.78, 5) is 28.1. The van der Waals surface area contributed by atoms with Crippen molar-refractivity contribution in [1.82, 2.24) is 9.55 Å². The third kappa shape index (κ3) is 4.33. The largest absolute Gasteiger partial charge is 0.457 e. The molecule has 0 radical (unpaired) electrons. The Morgan fingerprint density at radius 3 is 2.90 bits per heavy atom. The van der Waals surface area contributed by atoms with E-state index in [4.69, 9.17) is 9.47 Å². The number of nitrogens with zero attached hydrogens (tertiary/aromatic N) is 1. The molecular formula is C24H28N2O4. The Morgan fingerprint density at radius 2 is 2.10 bits per heavy atom. The lowest BCUT2D eigenvalue weighted by atomic mass is 10.1. The average molecular weight is 408 g/mol. The summed E-state index contributed by atoms with van der Waals surface area (Å²) in [6.07, 6.45) is 5.09. The molecule has 0 bridgehead atoms. The zero-order valence-electron chi connectivity index (χ0n) is 17.6. The van der Waals surface area contributed by atoms with Gasteiger partial charge in [0.15, 0.2) is 6.61 Å². The maximum absolute atomic E-state index is 12.7. The molecule has 0 saturated carbocycles. The summed E-state index contributed by atoms with van der Waals surface area (Å²) in [5.41, 5.74) is 4.68. The number of H-pyrrole nitrogens is 1. The van der Waals surface area contributed by atoms with Crippen LogP contribution in [0.25, 0.3) is 10.9 Å². The average Bonchev–Trinajstić information content (AvgIpc) is 3.47. The zero-order valence-corrected chi connectivity index (χ0v) is 17.6. The number of para-hydroxylation sites is 1. The first-order valence-electron chi connectivity index (χ1n) is 10.5. The second-order valence-corrected chi connectivity index (χ2v) is 7.97. The summed E-state index contributed by atoms with van der Waals surface area (Å²) in [5, 5.41) is 1.11. The number of hydrogen-bond donors (Lipinski definition) is 1. The summed E-state index contributed by atoms with van der Waals surface area (Å²) < 4.78 is 13.1. The van der Waals surface area contributed by atoms with Gasteiger partial charge in [0.05, 0.1) is 6.10 Å². The van der Waals surface area contributed by atoms with Crippen molar-refractivity contribution < 1.29 is 19.1 Å². The highest BCUT2D eigenvalue weighted by Crippen LogP contribution is 2.21. The van der Waals surface area contributed by atoms with Gasteiger partial charge in [-0.15, -0.1) is 0 Å². The molecule has 0 amide bonds. The van der Waals surface area contributed by atoms with Crippen LogP contribution in [0.3, 0.4) is 0 Å². The molecule has 1 aromatic carbocycles. The van der Waals surface area contributed by atoms with Gasteiger partial charge >= 0.3 is 5.97 Å². The molecule has 4 rings (SSSR count). The van der Waals surface area contributed by atoms with E-state index < -0.39 is 0 Å². The molecule has 1 aliphatic heterocycles. The number of carbonyl (C=O) groups is 2. The van der Waals surface area contributed by atoms with Crippen LogP contribution in [-0.4, -0.2) is 40.6 Å². The van der Waals surface area contributed by atoms with Gasteiger partial charge in [-0.2, -0.15) is 0 Å². The van der Waals surface area contributed by atoms with Crippen molar-refractivity contribution >= 4 is 22.7 Å². The van der Waals surface area contributed by atoms with Crippen LogP contribution in [0.1, 0.15) is 46.6 Å². The fourth-order valence-electron chi connectivity index (χ4n) is 4.23. The van der Waals surface area contributed by atoms with Gasteiger partial charge in [0.2, 0.25) is 5.78 Å². The van der Waals surface area contributed by atoms with Crippen molar-refractivity contribution in [3.05, 3.63) is 59.0 Å². The van der Waals surface area contributed by atoms with Crippen LogP contribution < -0.4 is 0 Å². The molecule has 1 N–H and O–H groups in total. The smallest absolute Gasteiger partial charge is 0.306 e. The Bertz CT molecular complexity index is 1060. The highest BCUT2D eigenvalue weighted by molar-refractivity contribution is 5.99. The van der Waals surface area contributed by atoms with Gasteiger partial charge < -0.3 is 19.0 Å². The summed E-state index contributed by atoms with van der Waals surface area (Å²) >= 11 is 0. The highest BCUT2D eigenvalue weighted by atomic mass is 16.5. The molecule has 1 aliphatic rings. The van der Waals surface area contributed by atoms with Crippen molar-refractivity contribution in [3.63, 3.8) is 0 Å². The maximum Gasteiger partial charge on any atom is 0.306 e. The Labute approximate surface area is 176 Å². The fraction of sp³-hybridized carbons (Fsp3) is 0.417. The lowest BCUT2D eigenvalue weighted by molar-refractivity contribution is -0.142. The molecule has 0 spiro atoms. The van der Waals surface area contributed by atoms with Crippen molar-refractivity contribution in [2.24, 2.45) is 0 Å². The van der Waals surface area contributed by atoms with E-state index >= 15 is 0 Å². The number of carbonyl (C=O) groups excluding carboxylic acids is 2. The molecule has 1 unspecified atom stereocenters. The van der Waals surface area contributed by atoms with Crippen molar-refractivity contribution in [2.45, 2.75) is 52.2 Å². The van der Waals surface area contributed by atoms with Gasteiger partial charge in [-0.3, -0.25) is 9.59 Å². The van der Waals surface area contributed by atoms with Gasteiger partial charge in [0, 0.05) is 53.6 Å². The van der Waals surface area contributed by atoms with Crippen molar-refractivity contribution in [3.8, 4) is 0 Å². The molecule has 1 saturated heterocycles. The summed E-state index contributed by atoms with van der Waals surface area (Å²) in [7, 11) is 0. The van der Waals surface area contributed by atoms with Crippen LogP contribution in [0.15, 0.2) is 36.5 Å². The minimum atomic E-state index is -0.359. The number of hydrogen-bond acceptors (Lipinski definition) is 4. The Hall–Kier alpha value is -2.86. The normalized spacial score (nSPS) is 16.3. The number of ketones is 1. The van der Waals surface area contributed by atoms with Gasteiger partial charge in [-0.25, -0.2) is 0 Å². The Balaban J connectivity index is 1.31. The van der Waals surface area contributed by atoms with Crippen LogP contribution in [0.5, 0.6) is 0 Å². The Kier molecular flexibility index (Phi) is 6.04. The minimum Gasteiger partial charge on any atom is -0.457 e. The fourth-order valence-corrected chi connectivity index (χ4v) is 4.23. The minimum absolute atomic E-state index is 0.165. The van der Waals surface area contributed by atoms with E-state index in [1.807, 2.05) is 50.4 Å². The van der Waals surface area contributed by atoms with Crippen LogP contribution in [0.2, 0.25) is 0 Å². The Morgan fingerprint density at radius 1 is 1.27 bits per heavy atom. The molecule has 3 heterocycles. The molecular weight excluding hydrogens is 380 g/mol. The predicted octanol–water partition coefficient (Wildman–Crippen LogP) is 4.12. The van der Waals surface area contributed by atoms with E-state index in [0.29, 0.717) is 12.0 Å². The van der Waals surface area contributed by atoms with Gasteiger partial charge in [-0.1, -0.05) is 18.2 Å². The summed E-state index contributed by atoms with van der Waals surface area (Å²) in [6.45, 7) is 5.27. The number of esters is 1.